The minimum Gasteiger partial charge on any atom is -0.489 e. The molecule has 3 atom stereocenters. The van der Waals surface area contributed by atoms with Crippen LogP contribution in [0.15, 0.2) is 18.2 Å². The summed E-state index contributed by atoms with van der Waals surface area (Å²) < 4.78 is 6.20. The molecule has 1 aliphatic rings. The first-order chi connectivity index (χ1) is 9.10. The lowest BCUT2D eigenvalue weighted by Gasteiger charge is -2.34. The molecule has 2 rings (SSSR count). The average molecular weight is 261 g/mol. The molecule has 0 spiro atoms. The molecule has 0 amide bonds. The van der Waals surface area contributed by atoms with Gasteiger partial charge in [0.15, 0.2) is 0 Å². The summed E-state index contributed by atoms with van der Waals surface area (Å²) in [5.41, 5.74) is 8.73. The summed E-state index contributed by atoms with van der Waals surface area (Å²) in [5.74, 6) is 1.80. The largest absolute Gasteiger partial charge is 0.489 e. The van der Waals surface area contributed by atoms with Crippen molar-refractivity contribution in [3.8, 4) is 5.75 Å². The highest BCUT2D eigenvalue weighted by atomic mass is 16.5. The van der Waals surface area contributed by atoms with Crippen LogP contribution in [-0.2, 0) is 0 Å². The Morgan fingerprint density at radius 2 is 2.05 bits per heavy atom. The third-order valence-corrected chi connectivity index (χ3v) is 4.26. The molecule has 19 heavy (non-hydrogen) atoms. The Labute approximate surface area is 117 Å². The van der Waals surface area contributed by atoms with E-state index in [-0.39, 0.29) is 12.1 Å². The van der Waals surface area contributed by atoms with Gasteiger partial charge in [-0.3, -0.25) is 0 Å². The number of nitrogens with two attached hydrogens (primary N) is 1. The Balaban J connectivity index is 2.03. The van der Waals surface area contributed by atoms with Crippen LogP contribution in [0.5, 0.6) is 5.75 Å². The van der Waals surface area contributed by atoms with Gasteiger partial charge in [-0.2, -0.15) is 0 Å². The lowest BCUT2D eigenvalue weighted by molar-refractivity contribution is 0.0986. The lowest BCUT2D eigenvalue weighted by atomic mass is 9.82. The van der Waals surface area contributed by atoms with E-state index in [1.807, 2.05) is 0 Å². The summed E-state index contributed by atoms with van der Waals surface area (Å²) in [4.78, 5) is 0. The second-order valence-electron chi connectivity index (χ2n) is 6.06. The number of benzene rings is 1. The molecule has 1 aromatic rings. The van der Waals surface area contributed by atoms with Gasteiger partial charge in [-0.25, -0.2) is 0 Å². The van der Waals surface area contributed by atoms with Crippen molar-refractivity contribution in [1.29, 1.82) is 0 Å². The van der Waals surface area contributed by atoms with Crippen LogP contribution in [0.25, 0.3) is 0 Å². The van der Waals surface area contributed by atoms with Crippen molar-refractivity contribution in [3.05, 3.63) is 29.3 Å². The molecule has 0 aromatic heterocycles. The van der Waals surface area contributed by atoms with E-state index in [2.05, 4.69) is 39.0 Å². The number of aryl methyl sites for hydroxylation is 2. The van der Waals surface area contributed by atoms with Crippen molar-refractivity contribution in [2.75, 3.05) is 0 Å². The van der Waals surface area contributed by atoms with Crippen LogP contribution < -0.4 is 10.5 Å². The zero-order chi connectivity index (χ0) is 13.8. The Bertz CT molecular complexity index is 416. The van der Waals surface area contributed by atoms with E-state index in [1.54, 1.807) is 0 Å². The molecule has 1 saturated carbocycles. The second kappa shape index (κ2) is 6.42. The van der Waals surface area contributed by atoms with E-state index in [1.165, 1.54) is 30.4 Å². The molecule has 0 heterocycles. The maximum absolute atomic E-state index is 6.24. The van der Waals surface area contributed by atoms with Gasteiger partial charge in [0.25, 0.3) is 0 Å². The average Bonchev–Trinajstić information content (AvgIpc) is 2.37. The third kappa shape index (κ3) is 3.73. The molecular formula is C17H27NO. The number of hydrogen-bond acceptors (Lipinski definition) is 2. The number of ether oxygens (including phenoxy) is 1. The van der Waals surface area contributed by atoms with Gasteiger partial charge in [0.05, 0.1) is 0 Å². The van der Waals surface area contributed by atoms with E-state index in [0.29, 0.717) is 0 Å². The fraction of sp³-hybridized carbons (Fsp3) is 0.647. The number of hydrogen-bond donors (Lipinski definition) is 1. The van der Waals surface area contributed by atoms with Gasteiger partial charge in [-0.1, -0.05) is 37.5 Å². The number of rotatable bonds is 4. The molecule has 2 heteroatoms. The summed E-state index contributed by atoms with van der Waals surface area (Å²) >= 11 is 0. The van der Waals surface area contributed by atoms with Gasteiger partial charge in [0.1, 0.15) is 11.9 Å². The monoisotopic (exact) mass is 261 g/mol. The lowest BCUT2D eigenvalue weighted by Crippen LogP contribution is -2.44. The summed E-state index contributed by atoms with van der Waals surface area (Å²) in [6.07, 6.45) is 6.23. The summed E-state index contributed by atoms with van der Waals surface area (Å²) in [7, 11) is 0. The van der Waals surface area contributed by atoms with Gasteiger partial charge in [0.2, 0.25) is 0 Å². The van der Waals surface area contributed by atoms with Crippen molar-refractivity contribution in [1.82, 2.24) is 0 Å². The smallest absolute Gasteiger partial charge is 0.122 e. The van der Waals surface area contributed by atoms with Crippen LogP contribution in [0.2, 0.25) is 0 Å². The van der Waals surface area contributed by atoms with Gasteiger partial charge in [-0.05, 0) is 50.7 Å². The van der Waals surface area contributed by atoms with E-state index in [4.69, 9.17) is 10.5 Å². The van der Waals surface area contributed by atoms with Crippen LogP contribution in [0.3, 0.4) is 0 Å². The highest BCUT2D eigenvalue weighted by Crippen LogP contribution is 2.31. The molecular weight excluding hydrogens is 234 g/mol. The SMILES string of the molecule is CCCC1CCC(N)C(Oc2ccc(C)cc2C)C1. The zero-order valence-electron chi connectivity index (χ0n) is 12.5. The fourth-order valence-corrected chi connectivity index (χ4v) is 3.14. The van der Waals surface area contributed by atoms with Crippen LogP contribution in [-0.4, -0.2) is 12.1 Å². The second-order valence-corrected chi connectivity index (χ2v) is 6.06. The van der Waals surface area contributed by atoms with E-state index >= 15 is 0 Å². The quantitative estimate of drug-likeness (QED) is 0.889. The first-order valence-electron chi connectivity index (χ1n) is 7.59. The van der Waals surface area contributed by atoms with Crippen molar-refractivity contribution in [2.45, 2.75) is 65.0 Å². The van der Waals surface area contributed by atoms with Gasteiger partial charge in [0, 0.05) is 6.04 Å². The topological polar surface area (TPSA) is 35.2 Å². The minimum atomic E-state index is 0.187. The molecule has 0 saturated heterocycles. The standard InChI is InChI=1S/C17H27NO/c1-4-5-14-7-8-15(18)17(11-14)19-16-9-6-12(2)10-13(16)3/h6,9-10,14-15,17H,4-5,7-8,11,18H2,1-3H3. The minimum absolute atomic E-state index is 0.187. The van der Waals surface area contributed by atoms with Crippen LogP contribution in [0, 0.1) is 19.8 Å². The molecule has 1 aliphatic carbocycles. The summed E-state index contributed by atoms with van der Waals surface area (Å²) in [6.45, 7) is 6.48. The molecule has 2 nitrogen and oxygen atoms in total. The molecule has 0 radical (unpaired) electrons. The molecule has 1 aromatic carbocycles. The van der Waals surface area contributed by atoms with Crippen molar-refractivity contribution in [3.63, 3.8) is 0 Å². The van der Waals surface area contributed by atoms with Crippen LogP contribution in [0.1, 0.15) is 50.2 Å². The summed E-state index contributed by atoms with van der Waals surface area (Å²) in [5, 5.41) is 0. The Morgan fingerprint density at radius 1 is 1.26 bits per heavy atom. The van der Waals surface area contributed by atoms with Gasteiger partial charge >= 0.3 is 0 Å². The molecule has 2 N–H and O–H groups in total. The molecule has 0 bridgehead atoms. The summed E-state index contributed by atoms with van der Waals surface area (Å²) in [6, 6.07) is 6.56. The van der Waals surface area contributed by atoms with E-state index < -0.39 is 0 Å². The third-order valence-electron chi connectivity index (χ3n) is 4.26. The van der Waals surface area contributed by atoms with Crippen LogP contribution >= 0.6 is 0 Å². The molecule has 1 fully saturated rings. The highest BCUT2D eigenvalue weighted by molar-refractivity contribution is 5.35. The van der Waals surface area contributed by atoms with E-state index in [9.17, 15) is 0 Å². The Kier molecular flexibility index (Phi) is 4.87. The first kappa shape index (κ1) is 14.4. The highest BCUT2D eigenvalue weighted by Gasteiger charge is 2.29. The van der Waals surface area contributed by atoms with Crippen molar-refractivity contribution in [2.24, 2.45) is 11.7 Å². The molecule has 3 unspecified atom stereocenters. The predicted octanol–water partition coefficient (Wildman–Crippen LogP) is 3.98. The maximum Gasteiger partial charge on any atom is 0.122 e. The molecule has 0 aliphatic heterocycles. The van der Waals surface area contributed by atoms with Crippen molar-refractivity contribution >= 4 is 0 Å². The van der Waals surface area contributed by atoms with Gasteiger partial charge < -0.3 is 10.5 Å². The first-order valence-corrected chi connectivity index (χ1v) is 7.59. The fourth-order valence-electron chi connectivity index (χ4n) is 3.14. The normalized spacial score (nSPS) is 27.3. The molecule has 106 valence electrons. The van der Waals surface area contributed by atoms with E-state index in [0.717, 1.165) is 24.5 Å². The Hall–Kier alpha value is -1.02. The zero-order valence-corrected chi connectivity index (χ0v) is 12.5. The predicted molar refractivity (Wildman–Crippen MR) is 80.6 cm³/mol. The Morgan fingerprint density at radius 3 is 2.74 bits per heavy atom. The van der Waals surface area contributed by atoms with Crippen molar-refractivity contribution < 1.29 is 4.74 Å². The maximum atomic E-state index is 6.24. The van der Waals surface area contributed by atoms with Gasteiger partial charge in [-0.15, -0.1) is 0 Å². The van der Waals surface area contributed by atoms with Crippen LogP contribution in [0.4, 0.5) is 0 Å².